The van der Waals surface area contributed by atoms with Crippen LogP contribution in [-0.4, -0.2) is 8.13 Å². The zero-order valence-electron chi connectivity index (χ0n) is 9.61. The first-order chi connectivity index (χ1) is 9.07. The first kappa shape index (κ1) is 17.1. The fourth-order valence-corrected chi connectivity index (χ4v) is 3.13. The van der Waals surface area contributed by atoms with Crippen LogP contribution in [0.15, 0.2) is 36.4 Å². The zero-order valence-corrected chi connectivity index (χ0v) is 14.9. The van der Waals surface area contributed by atoms with Gasteiger partial charge in [-0.3, -0.25) is 0 Å². The van der Waals surface area contributed by atoms with Gasteiger partial charge in [0, 0.05) is 0 Å². The summed E-state index contributed by atoms with van der Waals surface area (Å²) in [6, 6.07) is 13.7. The second kappa shape index (κ2) is 5.74. The highest BCUT2D eigenvalue weighted by Crippen LogP contribution is 2.60. The van der Waals surface area contributed by atoms with E-state index in [0.29, 0.717) is 5.56 Å². The van der Waals surface area contributed by atoms with Crippen molar-refractivity contribution in [2.45, 2.75) is 12.5 Å². The molecule has 0 N–H and O–H groups in total. The molecule has 0 nitrogen and oxygen atoms in total. The second-order valence-corrected chi connectivity index (χ2v) is 9.05. The largest absolute Gasteiger partial charge is 0.226 e. The van der Waals surface area contributed by atoms with Crippen molar-refractivity contribution >= 4 is 92.0 Å². The Hall–Kier alpha value is 0.730. The molecule has 0 aliphatic heterocycles. The molecule has 0 bridgehead atoms. The van der Waals surface area contributed by atoms with E-state index >= 15 is 0 Å². The van der Waals surface area contributed by atoms with E-state index in [0.717, 1.165) is 10.8 Å². The Balaban J connectivity index is 2.57. The summed E-state index contributed by atoms with van der Waals surface area (Å²) in [5, 5.41) is 1.76. The summed E-state index contributed by atoms with van der Waals surface area (Å²) >= 11 is 42.0. The highest BCUT2D eigenvalue weighted by Gasteiger charge is 2.60. The van der Waals surface area contributed by atoms with Crippen molar-refractivity contribution in [1.29, 1.82) is 0 Å². The number of fused-ring (bicyclic) bond motifs is 1. The highest BCUT2D eigenvalue weighted by atomic mass is 35.6. The lowest BCUT2D eigenvalue weighted by atomic mass is 10.0. The van der Waals surface area contributed by atoms with Crippen molar-refractivity contribution < 1.29 is 0 Å². The molecule has 2 aromatic carbocycles. The van der Waals surface area contributed by atoms with Crippen molar-refractivity contribution in [3.63, 3.8) is 0 Å². The monoisotopic (exact) mass is 407 g/mol. The number of rotatable bonds is 2. The minimum atomic E-state index is -2.07. The molecule has 7 heteroatoms. The summed E-state index contributed by atoms with van der Waals surface area (Å²) in [6.45, 7) is 0. The Kier molecular flexibility index (Phi) is 4.90. The molecule has 0 aromatic heterocycles. The third kappa shape index (κ3) is 2.94. The fourth-order valence-electron chi connectivity index (χ4n) is 1.68. The predicted octanol–water partition coefficient (Wildman–Crippen LogP) is 6.81. The number of hydrogen-bond donors (Lipinski definition) is 0. The van der Waals surface area contributed by atoms with Gasteiger partial charge in [0.05, 0.1) is 0 Å². The molecule has 107 valence electrons. The maximum absolute atomic E-state index is 6.28. The standard InChI is InChI=1S/C13H6Cl7/c14-11(15,12(16,17)13(18,19)20)10-6-5-8-3-1-2-4-9(8)7-10/h1-2,4-7H. The topological polar surface area (TPSA) is 0 Å². The number of benzene rings is 2. The quantitative estimate of drug-likeness (QED) is 0.477. The van der Waals surface area contributed by atoms with Gasteiger partial charge in [0.1, 0.15) is 0 Å². The Bertz CT molecular complexity index is 628. The zero-order chi connectivity index (χ0) is 15.2. The van der Waals surface area contributed by atoms with Crippen molar-refractivity contribution in [2.24, 2.45) is 0 Å². The van der Waals surface area contributed by atoms with Crippen LogP contribution in [0, 0.1) is 6.07 Å². The second-order valence-electron chi connectivity index (χ2n) is 4.12. The van der Waals surface area contributed by atoms with E-state index in [9.17, 15) is 0 Å². The molecule has 0 saturated carbocycles. The van der Waals surface area contributed by atoms with Gasteiger partial charge in [0.25, 0.3) is 0 Å². The van der Waals surface area contributed by atoms with Gasteiger partial charge in [0.2, 0.25) is 8.13 Å². The van der Waals surface area contributed by atoms with Gasteiger partial charge in [0.15, 0.2) is 4.33 Å². The Morgan fingerprint density at radius 1 is 0.850 bits per heavy atom. The number of alkyl halides is 7. The minimum Gasteiger partial charge on any atom is -0.0930 e. The molecule has 0 fully saturated rings. The van der Waals surface area contributed by atoms with Gasteiger partial charge in [-0.2, -0.15) is 0 Å². The van der Waals surface area contributed by atoms with Gasteiger partial charge in [-0.05, 0) is 28.5 Å². The molecule has 0 amide bonds. The van der Waals surface area contributed by atoms with E-state index < -0.39 is 12.5 Å². The Labute approximate surface area is 151 Å². The van der Waals surface area contributed by atoms with E-state index in [4.69, 9.17) is 81.2 Å². The van der Waals surface area contributed by atoms with Crippen LogP contribution in [0.3, 0.4) is 0 Å². The van der Waals surface area contributed by atoms with Crippen LogP contribution in [0.2, 0.25) is 0 Å². The van der Waals surface area contributed by atoms with E-state index in [1.807, 2.05) is 12.1 Å². The smallest absolute Gasteiger partial charge is 0.0930 e. The highest BCUT2D eigenvalue weighted by molar-refractivity contribution is 6.78. The molecule has 2 rings (SSSR count). The van der Waals surface area contributed by atoms with Crippen molar-refractivity contribution in [3.8, 4) is 0 Å². The molecule has 0 heterocycles. The number of hydrogen-bond acceptors (Lipinski definition) is 0. The molecule has 20 heavy (non-hydrogen) atoms. The van der Waals surface area contributed by atoms with Gasteiger partial charge < -0.3 is 0 Å². The molecular weight excluding hydrogens is 404 g/mol. The van der Waals surface area contributed by atoms with Crippen LogP contribution in [0.4, 0.5) is 0 Å². The normalized spacial score (nSPS) is 13.8. The summed E-state index contributed by atoms with van der Waals surface area (Å²) in [4.78, 5) is 0. The third-order valence-corrected chi connectivity index (χ3v) is 6.73. The molecule has 2 aromatic rings. The van der Waals surface area contributed by atoms with Crippen LogP contribution < -0.4 is 0 Å². The molecule has 0 spiro atoms. The van der Waals surface area contributed by atoms with Crippen LogP contribution in [0.1, 0.15) is 5.56 Å². The fraction of sp³-hybridized carbons (Fsp3) is 0.231. The lowest BCUT2D eigenvalue weighted by molar-refractivity contribution is 0.699. The molecule has 0 saturated heterocycles. The van der Waals surface area contributed by atoms with Crippen LogP contribution in [-0.2, 0) is 4.33 Å². The molecular formula is C13H6Cl7. The van der Waals surface area contributed by atoms with E-state index in [2.05, 4.69) is 6.07 Å². The Morgan fingerprint density at radius 2 is 1.50 bits per heavy atom. The molecule has 0 aliphatic rings. The summed E-state index contributed by atoms with van der Waals surface area (Å²) in [6.07, 6.45) is 0. The first-order valence-corrected chi connectivity index (χ1v) is 7.95. The minimum absolute atomic E-state index is 0.421. The van der Waals surface area contributed by atoms with Crippen LogP contribution in [0.5, 0.6) is 0 Å². The van der Waals surface area contributed by atoms with E-state index in [1.165, 1.54) is 0 Å². The van der Waals surface area contributed by atoms with E-state index in [-0.39, 0.29) is 0 Å². The first-order valence-electron chi connectivity index (χ1n) is 5.30. The molecule has 1 radical (unpaired) electrons. The van der Waals surface area contributed by atoms with Crippen molar-refractivity contribution in [1.82, 2.24) is 0 Å². The average molecular weight is 410 g/mol. The lowest BCUT2D eigenvalue weighted by Crippen LogP contribution is -2.45. The van der Waals surface area contributed by atoms with Gasteiger partial charge in [-0.15, -0.1) is 0 Å². The average Bonchev–Trinajstić information content (AvgIpc) is 2.36. The van der Waals surface area contributed by atoms with Gasteiger partial charge >= 0.3 is 0 Å². The number of halogens is 7. The summed E-state index contributed by atoms with van der Waals surface area (Å²) in [7, 11) is 0. The van der Waals surface area contributed by atoms with E-state index in [1.54, 1.807) is 24.3 Å². The summed E-state index contributed by atoms with van der Waals surface area (Å²) in [5.41, 5.74) is 0.421. The van der Waals surface area contributed by atoms with Crippen LogP contribution >= 0.6 is 81.2 Å². The maximum atomic E-state index is 6.28. The summed E-state index contributed by atoms with van der Waals surface area (Å²) < 4.78 is -5.93. The SMILES string of the molecule is ClC(Cl)(Cl)C(Cl)(Cl)C(Cl)(Cl)c1ccc2[c]cccc2c1. The third-order valence-electron chi connectivity index (χ3n) is 2.78. The molecule has 0 unspecified atom stereocenters. The van der Waals surface area contributed by atoms with Gasteiger partial charge in [-0.25, -0.2) is 0 Å². The molecule has 0 aliphatic carbocycles. The van der Waals surface area contributed by atoms with Crippen molar-refractivity contribution in [2.75, 3.05) is 0 Å². The lowest BCUT2D eigenvalue weighted by Gasteiger charge is -2.37. The van der Waals surface area contributed by atoms with Gasteiger partial charge in [-0.1, -0.05) is 112 Å². The van der Waals surface area contributed by atoms with Crippen molar-refractivity contribution in [3.05, 3.63) is 48.0 Å². The maximum Gasteiger partial charge on any atom is 0.226 e. The van der Waals surface area contributed by atoms with Crippen LogP contribution in [0.25, 0.3) is 10.8 Å². The molecule has 0 atom stereocenters. The summed E-state index contributed by atoms with van der Waals surface area (Å²) in [5.74, 6) is 0. The Morgan fingerprint density at radius 3 is 2.10 bits per heavy atom. The predicted molar refractivity (Wildman–Crippen MR) is 90.9 cm³/mol.